The lowest BCUT2D eigenvalue weighted by Crippen LogP contribution is -1.91. The van der Waals surface area contributed by atoms with Crippen molar-refractivity contribution in [2.75, 3.05) is 0 Å². The van der Waals surface area contributed by atoms with Crippen molar-refractivity contribution in [3.63, 3.8) is 0 Å². The molecule has 2 nitrogen and oxygen atoms in total. The van der Waals surface area contributed by atoms with Crippen LogP contribution in [0.15, 0.2) is 79.4 Å². The maximum Gasteiger partial charge on any atom is 0.124 e. The van der Waals surface area contributed by atoms with Gasteiger partial charge in [0.25, 0.3) is 0 Å². The molecule has 4 aromatic carbocycles. The number of rotatable bonds is 3. The van der Waals surface area contributed by atoms with Gasteiger partial charge in [-0.05, 0) is 45.7 Å². The summed E-state index contributed by atoms with van der Waals surface area (Å²) >= 11 is 0. The number of phenolic OH excluding ortho intramolecular Hbond substituents is 2. The van der Waals surface area contributed by atoms with Crippen molar-refractivity contribution >= 4 is 21.5 Å². The van der Waals surface area contributed by atoms with Gasteiger partial charge in [-0.3, -0.25) is 0 Å². The zero-order valence-electron chi connectivity index (χ0n) is 13.7. The molecule has 0 unspecified atom stereocenters. The largest absolute Gasteiger partial charge is 0.507 e. The lowest BCUT2D eigenvalue weighted by Gasteiger charge is -2.16. The van der Waals surface area contributed by atoms with Gasteiger partial charge < -0.3 is 10.2 Å². The predicted molar refractivity (Wildman–Crippen MR) is 104 cm³/mol. The van der Waals surface area contributed by atoms with E-state index in [1.807, 2.05) is 60.7 Å². The van der Waals surface area contributed by atoms with Gasteiger partial charge in [0.1, 0.15) is 11.5 Å². The number of aromatic hydroxyl groups is 2. The lowest BCUT2D eigenvalue weighted by molar-refractivity contribution is 0.470. The molecule has 0 saturated carbocycles. The Morgan fingerprint density at radius 2 is 1.36 bits per heavy atom. The van der Waals surface area contributed by atoms with Gasteiger partial charge in [-0.15, -0.1) is 6.58 Å². The summed E-state index contributed by atoms with van der Waals surface area (Å²) in [6, 6.07) is 21.2. The second kappa shape index (κ2) is 5.99. The van der Waals surface area contributed by atoms with Crippen LogP contribution in [0.3, 0.4) is 0 Å². The van der Waals surface area contributed by atoms with Crippen molar-refractivity contribution < 1.29 is 10.2 Å². The van der Waals surface area contributed by atoms with Gasteiger partial charge in [-0.1, -0.05) is 60.7 Å². The zero-order chi connectivity index (χ0) is 17.4. The molecule has 2 heteroatoms. The minimum absolute atomic E-state index is 0.163. The van der Waals surface area contributed by atoms with Crippen LogP contribution in [0, 0.1) is 0 Å². The number of phenols is 2. The number of hydrogen-bond acceptors (Lipinski definition) is 2. The highest BCUT2D eigenvalue weighted by atomic mass is 16.3. The Morgan fingerprint density at radius 1 is 0.720 bits per heavy atom. The molecule has 0 aliphatic carbocycles. The Bertz CT molecular complexity index is 1110. The number of benzene rings is 4. The van der Waals surface area contributed by atoms with Crippen LogP contribution in [0.25, 0.3) is 32.7 Å². The molecular formula is C23H18O2. The molecule has 0 saturated heterocycles. The minimum Gasteiger partial charge on any atom is -0.507 e. The Labute approximate surface area is 146 Å². The van der Waals surface area contributed by atoms with Crippen molar-refractivity contribution in [2.45, 2.75) is 6.42 Å². The van der Waals surface area contributed by atoms with Crippen molar-refractivity contribution in [3.05, 3.63) is 84.9 Å². The van der Waals surface area contributed by atoms with Crippen molar-refractivity contribution in [2.24, 2.45) is 0 Å². The predicted octanol–water partition coefficient (Wildman–Crippen LogP) is 5.80. The highest BCUT2D eigenvalue weighted by molar-refractivity contribution is 6.10. The van der Waals surface area contributed by atoms with E-state index in [4.69, 9.17) is 0 Å². The van der Waals surface area contributed by atoms with Crippen LogP contribution in [-0.4, -0.2) is 10.2 Å². The van der Waals surface area contributed by atoms with Crippen molar-refractivity contribution in [3.8, 4) is 22.6 Å². The summed E-state index contributed by atoms with van der Waals surface area (Å²) < 4.78 is 0. The number of fused-ring (bicyclic) bond motifs is 2. The first-order valence-corrected chi connectivity index (χ1v) is 8.26. The van der Waals surface area contributed by atoms with Crippen molar-refractivity contribution in [1.29, 1.82) is 0 Å². The van der Waals surface area contributed by atoms with Gasteiger partial charge in [0.05, 0.1) is 0 Å². The van der Waals surface area contributed by atoms with Crippen LogP contribution >= 0.6 is 0 Å². The fourth-order valence-electron chi connectivity index (χ4n) is 3.54. The van der Waals surface area contributed by atoms with Crippen LogP contribution < -0.4 is 0 Å². The minimum atomic E-state index is 0.163. The van der Waals surface area contributed by atoms with Crippen LogP contribution in [-0.2, 0) is 6.42 Å². The topological polar surface area (TPSA) is 40.5 Å². The summed E-state index contributed by atoms with van der Waals surface area (Å²) in [6.07, 6.45) is 2.51. The first-order valence-electron chi connectivity index (χ1n) is 8.26. The van der Waals surface area contributed by atoms with Gasteiger partial charge in [0.2, 0.25) is 0 Å². The van der Waals surface area contributed by atoms with E-state index in [0.29, 0.717) is 17.5 Å². The number of hydrogen-bond donors (Lipinski definition) is 2. The summed E-state index contributed by atoms with van der Waals surface area (Å²) in [6.45, 7) is 3.81. The third-order valence-corrected chi connectivity index (χ3v) is 4.63. The Morgan fingerprint density at radius 3 is 2.12 bits per heavy atom. The summed E-state index contributed by atoms with van der Waals surface area (Å²) in [7, 11) is 0. The molecule has 0 atom stereocenters. The fraction of sp³-hybridized carbons (Fsp3) is 0.0435. The Kier molecular flexibility index (Phi) is 3.66. The molecule has 2 N–H and O–H groups in total. The summed E-state index contributed by atoms with van der Waals surface area (Å²) in [5.41, 5.74) is 2.35. The standard InChI is InChI=1S/C23H18O2/c1-2-7-16-14-21(25)23(19-11-6-5-9-17(16)19)22-18-10-4-3-8-15(18)12-13-20(22)24/h2-6,8-14,24-25H,1,7H2. The molecular weight excluding hydrogens is 308 g/mol. The maximum atomic E-state index is 10.8. The Hall–Kier alpha value is -3.26. The van der Waals surface area contributed by atoms with Gasteiger partial charge in [-0.2, -0.15) is 0 Å². The maximum absolute atomic E-state index is 10.8. The molecule has 0 radical (unpaired) electrons. The van der Waals surface area contributed by atoms with Gasteiger partial charge >= 0.3 is 0 Å². The normalized spacial score (nSPS) is 11.0. The van der Waals surface area contributed by atoms with E-state index in [-0.39, 0.29) is 11.5 Å². The molecule has 0 amide bonds. The third kappa shape index (κ3) is 2.43. The molecule has 0 aliphatic heterocycles. The van der Waals surface area contributed by atoms with E-state index >= 15 is 0 Å². The molecule has 0 aromatic heterocycles. The highest BCUT2D eigenvalue weighted by Gasteiger charge is 2.18. The SMILES string of the molecule is C=CCc1cc(O)c(-c2c(O)ccc3ccccc23)c2ccccc12. The van der Waals surface area contributed by atoms with E-state index in [2.05, 4.69) is 6.58 Å². The van der Waals surface area contributed by atoms with E-state index in [1.165, 1.54) is 0 Å². The van der Waals surface area contributed by atoms with Crippen LogP contribution in [0.5, 0.6) is 11.5 Å². The second-order valence-corrected chi connectivity index (χ2v) is 6.15. The monoisotopic (exact) mass is 326 g/mol. The first kappa shape index (κ1) is 15.3. The molecule has 4 aromatic rings. The zero-order valence-corrected chi connectivity index (χ0v) is 13.7. The highest BCUT2D eigenvalue weighted by Crippen LogP contribution is 2.45. The third-order valence-electron chi connectivity index (χ3n) is 4.63. The summed E-state index contributed by atoms with van der Waals surface area (Å²) in [4.78, 5) is 0. The summed E-state index contributed by atoms with van der Waals surface area (Å²) in [5, 5.41) is 25.3. The quantitative estimate of drug-likeness (QED) is 0.467. The van der Waals surface area contributed by atoms with Gasteiger partial charge in [0, 0.05) is 11.1 Å². The smallest absolute Gasteiger partial charge is 0.124 e. The molecule has 0 spiro atoms. The van der Waals surface area contributed by atoms with E-state index in [1.54, 1.807) is 12.1 Å². The van der Waals surface area contributed by atoms with Gasteiger partial charge in [0.15, 0.2) is 0 Å². The lowest BCUT2D eigenvalue weighted by atomic mass is 9.90. The van der Waals surface area contributed by atoms with Crippen LogP contribution in [0.1, 0.15) is 5.56 Å². The average molecular weight is 326 g/mol. The van der Waals surface area contributed by atoms with Crippen LogP contribution in [0.2, 0.25) is 0 Å². The molecule has 0 bridgehead atoms. The molecule has 0 heterocycles. The molecule has 4 rings (SSSR count). The summed E-state index contributed by atoms with van der Waals surface area (Å²) in [5.74, 6) is 0.331. The molecule has 25 heavy (non-hydrogen) atoms. The van der Waals surface area contributed by atoms with Crippen LogP contribution in [0.4, 0.5) is 0 Å². The van der Waals surface area contributed by atoms with E-state index in [9.17, 15) is 10.2 Å². The molecule has 0 aliphatic rings. The second-order valence-electron chi connectivity index (χ2n) is 6.15. The Balaban J connectivity index is 2.16. The van der Waals surface area contributed by atoms with E-state index in [0.717, 1.165) is 27.1 Å². The molecule has 0 fully saturated rings. The first-order chi connectivity index (χ1) is 12.2. The number of allylic oxidation sites excluding steroid dienone is 1. The van der Waals surface area contributed by atoms with E-state index < -0.39 is 0 Å². The molecule has 122 valence electrons. The average Bonchev–Trinajstić information content (AvgIpc) is 2.63. The van der Waals surface area contributed by atoms with Crippen molar-refractivity contribution in [1.82, 2.24) is 0 Å². The fourth-order valence-corrected chi connectivity index (χ4v) is 3.54. The van der Waals surface area contributed by atoms with Gasteiger partial charge in [-0.25, -0.2) is 0 Å².